The molecule has 1 unspecified atom stereocenters. The van der Waals surface area contributed by atoms with E-state index in [-0.39, 0.29) is 12.0 Å². The molecule has 1 aliphatic heterocycles. The predicted molar refractivity (Wildman–Crippen MR) is 86.7 cm³/mol. The highest BCUT2D eigenvalue weighted by molar-refractivity contribution is 6.30. The van der Waals surface area contributed by atoms with Crippen LogP contribution in [0.2, 0.25) is 5.02 Å². The van der Waals surface area contributed by atoms with E-state index in [1.807, 2.05) is 12.1 Å². The van der Waals surface area contributed by atoms with Crippen molar-refractivity contribution >= 4 is 17.5 Å². The van der Waals surface area contributed by atoms with Crippen molar-refractivity contribution in [2.24, 2.45) is 0 Å². The number of carbonyl (C=O) groups is 1. The molecule has 0 aliphatic carbocycles. The quantitative estimate of drug-likeness (QED) is 0.914. The molecule has 3 rings (SSSR count). The Bertz CT molecular complexity index is 670. The van der Waals surface area contributed by atoms with Gasteiger partial charge in [0.15, 0.2) is 0 Å². The Morgan fingerprint density at radius 2 is 2.17 bits per heavy atom. The Kier molecular flexibility index (Phi) is 5.10. The van der Waals surface area contributed by atoms with Gasteiger partial charge in [0.25, 0.3) is 5.91 Å². The van der Waals surface area contributed by atoms with E-state index in [0.717, 1.165) is 12.0 Å². The molecular weight excluding hydrogens is 316 g/mol. The first kappa shape index (κ1) is 15.8. The Labute approximate surface area is 139 Å². The van der Waals surface area contributed by atoms with Crippen LogP contribution in [0.4, 0.5) is 0 Å². The summed E-state index contributed by atoms with van der Waals surface area (Å²) in [5, 5.41) is 3.54. The number of nitrogens with zero attached hydrogens (tertiary/aromatic N) is 1. The Morgan fingerprint density at radius 1 is 1.35 bits per heavy atom. The van der Waals surface area contributed by atoms with Gasteiger partial charge in [-0.1, -0.05) is 23.7 Å². The average molecular weight is 333 g/mol. The molecule has 1 atom stereocenters. The number of hydrogen-bond donors (Lipinski definition) is 1. The third-order valence-corrected chi connectivity index (χ3v) is 3.79. The maximum absolute atomic E-state index is 12.2. The summed E-state index contributed by atoms with van der Waals surface area (Å²) in [6.07, 6.45) is 2.42. The highest BCUT2D eigenvalue weighted by atomic mass is 35.5. The Balaban J connectivity index is 1.59. The van der Waals surface area contributed by atoms with Crippen LogP contribution in [0.3, 0.4) is 0 Å². The number of rotatable bonds is 5. The molecule has 1 aliphatic rings. The van der Waals surface area contributed by atoms with Gasteiger partial charge in [0, 0.05) is 35.8 Å². The smallest absolute Gasteiger partial charge is 0.251 e. The van der Waals surface area contributed by atoms with Gasteiger partial charge in [-0.25, -0.2) is 4.98 Å². The van der Waals surface area contributed by atoms with Crippen molar-refractivity contribution in [3.8, 4) is 5.88 Å². The predicted octanol–water partition coefficient (Wildman–Crippen LogP) is 2.83. The fourth-order valence-electron chi connectivity index (χ4n) is 2.28. The third kappa shape index (κ3) is 4.43. The number of ether oxygens (including phenoxy) is 2. The van der Waals surface area contributed by atoms with E-state index in [1.54, 1.807) is 30.5 Å². The maximum Gasteiger partial charge on any atom is 0.251 e. The monoisotopic (exact) mass is 332 g/mol. The average Bonchev–Trinajstić information content (AvgIpc) is 3.07. The van der Waals surface area contributed by atoms with Crippen LogP contribution >= 0.6 is 11.6 Å². The van der Waals surface area contributed by atoms with Gasteiger partial charge in [0.2, 0.25) is 5.88 Å². The third-order valence-electron chi connectivity index (χ3n) is 3.54. The van der Waals surface area contributed by atoms with Crippen molar-refractivity contribution in [2.75, 3.05) is 13.2 Å². The number of amides is 1. The summed E-state index contributed by atoms with van der Waals surface area (Å²) in [5.41, 5.74) is 1.50. The zero-order chi connectivity index (χ0) is 16.1. The van der Waals surface area contributed by atoms with E-state index in [0.29, 0.717) is 36.2 Å². The fourth-order valence-corrected chi connectivity index (χ4v) is 2.40. The van der Waals surface area contributed by atoms with Crippen LogP contribution < -0.4 is 10.1 Å². The number of hydrogen-bond acceptors (Lipinski definition) is 4. The molecule has 23 heavy (non-hydrogen) atoms. The van der Waals surface area contributed by atoms with Gasteiger partial charge >= 0.3 is 0 Å². The van der Waals surface area contributed by atoms with Crippen molar-refractivity contribution in [3.05, 3.63) is 58.7 Å². The van der Waals surface area contributed by atoms with Crippen LogP contribution in [-0.4, -0.2) is 30.2 Å². The molecule has 6 heteroatoms. The molecule has 120 valence electrons. The standard InChI is InChI=1S/C17H17ClN2O3/c18-14-3-1-12(2-4-14)10-20-17(21)13-5-7-19-16(9-13)23-15-6-8-22-11-15/h1-5,7,9,15H,6,8,10-11H2,(H,20,21). The molecular formula is C17H17ClN2O3. The first-order valence-corrected chi connectivity index (χ1v) is 7.81. The summed E-state index contributed by atoms with van der Waals surface area (Å²) in [6.45, 7) is 1.70. The van der Waals surface area contributed by atoms with Crippen molar-refractivity contribution in [1.29, 1.82) is 0 Å². The van der Waals surface area contributed by atoms with Gasteiger partial charge in [0.1, 0.15) is 6.10 Å². The largest absolute Gasteiger partial charge is 0.472 e. The molecule has 1 aromatic carbocycles. The van der Waals surface area contributed by atoms with Crippen LogP contribution in [0.1, 0.15) is 22.3 Å². The van der Waals surface area contributed by atoms with Gasteiger partial charge in [-0.2, -0.15) is 0 Å². The number of carbonyl (C=O) groups excluding carboxylic acids is 1. The number of pyridine rings is 1. The lowest BCUT2D eigenvalue weighted by Gasteiger charge is -2.11. The maximum atomic E-state index is 12.2. The molecule has 5 nitrogen and oxygen atoms in total. The topological polar surface area (TPSA) is 60.5 Å². The minimum absolute atomic E-state index is 0.00915. The van der Waals surface area contributed by atoms with Gasteiger partial charge in [-0.15, -0.1) is 0 Å². The summed E-state index contributed by atoms with van der Waals surface area (Å²) < 4.78 is 11.0. The normalized spacial score (nSPS) is 17.0. The molecule has 1 saturated heterocycles. The first-order valence-electron chi connectivity index (χ1n) is 7.44. The molecule has 0 spiro atoms. The minimum atomic E-state index is -0.171. The summed E-state index contributed by atoms with van der Waals surface area (Å²) in [6, 6.07) is 10.7. The second-order valence-corrected chi connectivity index (χ2v) is 5.73. The van der Waals surface area contributed by atoms with Crippen molar-refractivity contribution < 1.29 is 14.3 Å². The summed E-state index contributed by atoms with van der Waals surface area (Å²) in [7, 11) is 0. The van der Waals surface area contributed by atoms with E-state index in [1.165, 1.54) is 0 Å². The van der Waals surface area contributed by atoms with Gasteiger partial charge < -0.3 is 14.8 Å². The molecule has 0 bridgehead atoms. The molecule has 1 fully saturated rings. The molecule has 1 amide bonds. The number of nitrogens with one attached hydrogen (secondary N) is 1. The van der Waals surface area contributed by atoms with Gasteiger partial charge in [-0.05, 0) is 23.8 Å². The minimum Gasteiger partial charge on any atom is -0.472 e. The fraction of sp³-hybridized carbons (Fsp3) is 0.294. The number of halogens is 1. The molecule has 0 saturated carbocycles. The second-order valence-electron chi connectivity index (χ2n) is 5.30. The highest BCUT2D eigenvalue weighted by Gasteiger charge is 2.18. The van der Waals surface area contributed by atoms with E-state index >= 15 is 0 Å². The summed E-state index contributed by atoms with van der Waals surface area (Å²) in [5.74, 6) is 0.273. The van der Waals surface area contributed by atoms with E-state index in [2.05, 4.69) is 10.3 Å². The first-order chi connectivity index (χ1) is 11.2. The van der Waals surface area contributed by atoms with Crippen molar-refractivity contribution in [1.82, 2.24) is 10.3 Å². The summed E-state index contributed by atoms with van der Waals surface area (Å²) >= 11 is 5.84. The SMILES string of the molecule is O=C(NCc1ccc(Cl)cc1)c1ccnc(OC2CCOC2)c1. The number of benzene rings is 1. The highest BCUT2D eigenvalue weighted by Crippen LogP contribution is 2.16. The van der Waals surface area contributed by atoms with Crippen molar-refractivity contribution in [2.45, 2.75) is 19.1 Å². The molecule has 1 N–H and O–H groups in total. The van der Waals surface area contributed by atoms with Crippen molar-refractivity contribution in [3.63, 3.8) is 0 Å². The summed E-state index contributed by atoms with van der Waals surface area (Å²) in [4.78, 5) is 16.4. The molecule has 0 radical (unpaired) electrons. The molecule has 2 heterocycles. The van der Waals surface area contributed by atoms with Crippen LogP contribution in [0.5, 0.6) is 5.88 Å². The lowest BCUT2D eigenvalue weighted by Crippen LogP contribution is -2.23. The Hall–Kier alpha value is -2.11. The van der Waals surface area contributed by atoms with Crippen LogP contribution in [0.25, 0.3) is 0 Å². The zero-order valence-electron chi connectivity index (χ0n) is 12.5. The lowest BCUT2D eigenvalue weighted by molar-refractivity contribution is 0.0949. The molecule has 1 aromatic heterocycles. The van der Waals surface area contributed by atoms with E-state index in [9.17, 15) is 4.79 Å². The van der Waals surface area contributed by atoms with E-state index < -0.39 is 0 Å². The van der Waals surface area contributed by atoms with E-state index in [4.69, 9.17) is 21.1 Å². The lowest BCUT2D eigenvalue weighted by atomic mass is 10.2. The number of aromatic nitrogens is 1. The van der Waals surface area contributed by atoms with Crippen LogP contribution in [-0.2, 0) is 11.3 Å². The second kappa shape index (κ2) is 7.44. The van der Waals surface area contributed by atoms with Crippen LogP contribution in [0.15, 0.2) is 42.6 Å². The Morgan fingerprint density at radius 3 is 2.91 bits per heavy atom. The zero-order valence-corrected chi connectivity index (χ0v) is 13.3. The van der Waals surface area contributed by atoms with Crippen LogP contribution in [0, 0.1) is 0 Å². The van der Waals surface area contributed by atoms with Gasteiger partial charge in [-0.3, -0.25) is 4.79 Å². The molecule has 2 aromatic rings. The van der Waals surface area contributed by atoms with Gasteiger partial charge in [0.05, 0.1) is 13.2 Å².